The Hall–Kier alpha value is -1.55. The van der Waals surface area contributed by atoms with E-state index >= 15 is 0 Å². The van der Waals surface area contributed by atoms with Gasteiger partial charge < -0.3 is 0 Å². The molecule has 3 aromatic rings. The number of benzene rings is 2. The van der Waals surface area contributed by atoms with Crippen molar-refractivity contribution in [1.82, 2.24) is 0 Å². The van der Waals surface area contributed by atoms with Gasteiger partial charge in [0, 0.05) is 20.8 Å². The molecule has 1 aromatic heterocycles. The van der Waals surface area contributed by atoms with E-state index in [0.717, 1.165) is 22.2 Å². The molecule has 100 valence electrons. The smallest absolute Gasteiger partial charge is 0.219 e. The molecule has 2 nitrogen and oxygen atoms in total. The lowest BCUT2D eigenvalue weighted by atomic mass is 10.2. The molecule has 0 fully saturated rings. The monoisotopic (exact) mass is 321 g/mol. The van der Waals surface area contributed by atoms with Crippen molar-refractivity contribution >= 4 is 61.7 Å². The highest BCUT2D eigenvalue weighted by atomic mass is 35.5. The molecule has 0 bridgehead atoms. The second kappa shape index (κ2) is 5.44. The molecular weight excluding hydrogens is 313 g/mol. The molecule has 0 unspecified atom stereocenters. The van der Waals surface area contributed by atoms with E-state index < -0.39 is 0 Å². The van der Waals surface area contributed by atoms with E-state index in [1.807, 2.05) is 24.3 Å². The number of nitrogens with zero attached hydrogens (tertiary/aromatic N) is 1. The van der Waals surface area contributed by atoms with Gasteiger partial charge in [0.15, 0.2) is 0 Å². The number of amides is 1. The summed E-state index contributed by atoms with van der Waals surface area (Å²) >= 11 is 13.8. The maximum absolute atomic E-state index is 11.5. The van der Waals surface area contributed by atoms with Gasteiger partial charge in [0.2, 0.25) is 6.41 Å². The first kappa shape index (κ1) is 13.4. The maximum Gasteiger partial charge on any atom is 0.219 e. The van der Waals surface area contributed by atoms with Crippen molar-refractivity contribution in [3.8, 4) is 0 Å². The van der Waals surface area contributed by atoms with Crippen LogP contribution in [0.4, 0.5) is 10.7 Å². The molecule has 0 saturated carbocycles. The van der Waals surface area contributed by atoms with Crippen LogP contribution in [0.3, 0.4) is 0 Å². The highest BCUT2D eigenvalue weighted by molar-refractivity contribution is 7.23. The molecule has 2 aromatic carbocycles. The second-order valence-corrected chi connectivity index (χ2v) is 6.01. The molecule has 1 heterocycles. The quantitative estimate of drug-likeness (QED) is 0.583. The van der Waals surface area contributed by atoms with Gasteiger partial charge in [0.05, 0.1) is 5.02 Å². The Morgan fingerprint density at radius 1 is 1.00 bits per heavy atom. The van der Waals surface area contributed by atoms with Crippen LogP contribution in [-0.2, 0) is 4.79 Å². The summed E-state index contributed by atoms with van der Waals surface area (Å²) in [4.78, 5) is 13.0. The van der Waals surface area contributed by atoms with Crippen molar-refractivity contribution in [3.63, 3.8) is 0 Å². The Kier molecular flexibility index (Phi) is 3.66. The fraction of sp³-hybridized carbons (Fsp3) is 0. The van der Waals surface area contributed by atoms with Crippen molar-refractivity contribution in [2.24, 2.45) is 0 Å². The molecule has 0 aliphatic rings. The first-order chi connectivity index (χ1) is 9.70. The van der Waals surface area contributed by atoms with Crippen LogP contribution in [0.1, 0.15) is 0 Å². The summed E-state index contributed by atoms with van der Waals surface area (Å²) in [7, 11) is 0. The summed E-state index contributed by atoms with van der Waals surface area (Å²) in [5.41, 5.74) is 0.734. The van der Waals surface area contributed by atoms with Gasteiger partial charge >= 0.3 is 0 Å². The summed E-state index contributed by atoms with van der Waals surface area (Å²) in [6, 6.07) is 14.9. The lowest BCUT2D eigenvalue weighted by molar-refractivity contribution is -0.106. The fourth-order valence-electron chi connectivity index (χ4n) is 1.98. The number of carbonyl (C=O) groups excluding carboxylic acids is 1. The van der Waals surface area contributed by atoms with Crippen LogP contribution in [0.2, 0.25) is 10.0 Å². The number of rotatable bonds is 3. The van der Waals surface area contributed by atoms with Crippen molar-refractivity contribution in [3.05, 3.63) is 58.6 Å². The highest BCUT2D eigenvalue weighted by Crippen LogP contribution is 2.43. The summed E-state index contributed by atoms with van der Waals surface area (Å²) in [6.07, 6.45) is 0.764. The summed E-state index contributed by atoms with van der Waals surface area (Å²) in [5.74, 6) is 0. The first-order valence-electron chi connectivity index (χ1n) is 5.88. The Morgan fingerprint density at radius 2 is 1.70 bits per heavy atom. The van der Waals surface area contributed by atoms with Crippen LogP contribution in [-0.4, -0.2) is 6.41 Å². The number of hydrogen-bond donors (Lipinski definition) is 0. The van der Waals surface area contributed by atoms with E-state index in [0.29, 0.717) is 15.0 Å². The predicted octanol–water partition coefficient (Wildman–Crippen LogP) is 5.50. The van der Waals surface area contributed by atoms with E-state index in [9.17, 15) is 4.79 Å². The Morgan fingerprint density at radius 3 is 2.35 bits per heavy atom. The number of halogens is 2. The molecule has 0 aliphatic carbocycles. The maximum atomic E-state index is 11.5. The van der Waals surface area contributed by atoms with Gasteiger partial charge in [-0.1, -0.05) is 41.4 Å². The van der Waals surface area contributed by atoms with Crippen LogP contribution in [0.25, 0.3) is 10.1 Å². The number of carbonyl (C=O) groups is 1. The summed E-state index contributed by atoms with van der Waals surface area (Å²) in [5, 5.41) is 2.88. The Bertz CT molecular complexity index is 767. The SMILES string of the molecule is O=CN(c1ccc(Cl)cc1)c1sc2ccccc2c1Cl. The number of thiophene rings is 1. The van der Waals surface area contributed by atoms with Crippen molar-refractivity contribution < 1.29 is 4.79 Å². The largest absolute Gasteiger partial charge is 0.278 e. The third-order valence-corrected chi connectivity index (χ3v) is 4.86. The zero-order chi connectivity index (χ0) is 14.1. The normalized spacial score (nSPS) is 10.7. The van der Waals surface area contributed by atoms with Crippen LogP contribution in [0.5, 0.6) is 0 Å². The average Bonchev–Trinajstić information content (AvgIpc) is 2.80. The molecule has 0 saturated heterocycles. The van der Waals surface area contributed by atoms with Gasteiger partial charge in [-0.05, 0) is 30.3 Å². The zero-order valence-electron chi connectivity index (χ0n) is 10.2. The average molecular weight is 322 g/mol. The zero-order valence-corrected chi connectivity index (χ0v) is 12.5. The lowest BCUT2D eigenvalue weighted by Gasteiger charge is -2.15. The molecule has 5 heteroatoms. The van der Waals surface area contributed by atoms with Crippen LogP contribution in [0.15, 0.2) is 48.5 Å². The first-order valence-corrected chi connectivity index (χ1v) is 7.45. The van der Waals surface area contributed by atoms with Crippen LogP contribution < -0.4 is 4.90 Å². The van der Waals surface area contributed by atoms with Gasteiger partial charge in [0.1, 0.15) is 5.00 Å². The van der Waals surface area contributed by atoms with E-state index in [1.165, 1.54) is 16.2 Å². The predicted molar refractivity (Wildman–Crippen MR) is 86.5 cm³/mol. The van der Waals surface area contributed by atoms with E-state index in [1.54, 1.807) is 24.3 Å². The minimum Gasteiger partial charge on any atom is -0.278 e. The van der Waals surface area contributed by atoms with E-state index in [4.69, 9.17) is 23.2 Å². The molecule has 3 rings (SSSR count). The van der Waals surface area contributed by atoms with Gasteiger partial charge in [-0.25, -0.2) is 0 Å². The molecule has 0 atom stereocenters. The molecule has 0 radical (unpaired) electrons. The lowest BCUT2D eigenvalue weighted by Crippen LogP contribution is -2.12. The minimum atomic E-state index is 0.590. The number of hydrogen-bond acceptors (Lipinski definition) is 2. The third kappa shape index (κ3) is 2.29. The molecule has 0 spiro atoms. The molecule has 0 N–H and O–H groups in total. The van der Waals surface area contributed by atoms with Crippen LogP contribution >= 0.6 is 34.5 Å². The molecule has 20 heavy (non-hydrogen) atoms. The third-order valence-electron chi connectivity index (χ3n) is 2.95. The van der Waals surface area contributed by atoms with Crippen molar-refractivity contribution in [2.75, 3.05) is 4.90 Å². The number of fused-ring (bicyclic) bond motifs is 1. The summed E-state index contributed by atoms with van der Waals surface area (Å²) in [6.45, 7) is 0. The van der Waals surface area contributed by atoms with E-state index in [2.05, 4.69) is 0 Å². The Labute approximate surface area is 130 Å². The molecule has 1 amide bonds. The van der Waals surface area contributed by atoms with E-state index in [-0.39, 0.29) is 0 Å². The minimum absolute atomic E-state index is 0.590. The second-order valence-electron chi connectivity index (χ2n) is 4.17. The van der Waals surface area contributed by atoms with Gasteiger partial charge in [0.25, 0.3) is 0 Å². The Balaban J connectivity index is 2.14. The van der Waals surface area contributed by atoms with Gasteiger partial charge in [-0.3, -0.25) is 9.69 Å². The van der Waals surface area contributed by atoms with Gasteiger partial charge in [-0.2, -0.15) is 0 Å². The fourth-order valence-corrected chi connectivity index (χ4v) is 3.62. The molecule has 0 aliphatic heterocycles. The standard InChI is InChI=1S/C15H9Cl2NOS/c16-10-5-7-11(8-6-10)18(9-19)15-14(17)12-3-1-2-4-13(12)20-15/h1-9H. The van der Waals surface area contributed by atoms with Crippen LogP contribution in [0, 0.1) is 0 Å². The van der Waals surface area contributed by atoms with Crippen molar-refractivity contribution in [2.45, 2.75) is 0 Å². The topological polar surface area (TPSA) is 20.3 Å². The van der Waals surface area contributed by atoms with Gasteiger partial charge in [-0.15, -0.1) is 11.3 Å². The van der Waals surface area contributed by atoms with Crippen molar-refractivity contribution in [1.29, 1.82) is 0 Å². The summed E-state index contributed by atoms with van der Waals surface area (Å²) < 4.78 is 1.05. The molecular formula is C15H9Cl2NOS. The number of anilines is 2. The highest BCUT2D eigenvalue weighted by Gasteiger charge is 2.17.